The number of hydrogen-bond acceptors (Lipinski definition) is 5. The van der Waals surface area contributed by atoms with Crippen LogP contribution in [-0.4, -0.2) is 22.0 Å². The first kappa shape index (κ1) is 17.9. The molecule has 0 unspecified atom stereocenters. The first-order chi connectivity index (χ1) is 13.0. The second kappa shape index (κ2) is 8.01. The third kappa shape index (κ3) is 4.41. The van der Waals surface area contributed by atoms with Crippen molar-refractivity contribution in [1.29, 1.82) is 0 Å². The fourth-order valence-corrected chi connectivity index (χ4v) is 2.43. The number of carbonyl (C=O) groups excluding carboxylic acids is 2. The second-order valence-electron chi connectivity index (χ2n) is 5.69. The molecule has 0 radical (unpaired) electrons. The smallest absolute Gasteiger partial charge is 0.344 e. The van der Waals surface area contributed by atoms with Crippen molar-refractivity contribution in [2.24, 2.45) is 0 Å². The van der Waals surface area contributed by atoms with Gasteiger partial charge in [0.05, 0.1) is 5.56 Å². The number of benzene rings is 3. The zero-order valence-electron chi connectivity index (χ0n) is 14.2. The highest BCUT2D eigenvalue weighted by Gasteiger charge is 2.17. The number of phenolic OH excluding ortho intramolecular Hbond substituents is 2. The highest BCUT2D eigenvalue weighted by atomic mass is 16.5. The Balaban J connectivity index is 1.82. The summed E-state index contributed by atoms with van der Waals surface area (Å²) in [7, 11) is 0. The average Bonchev–Trinajstić information content (AvgIpc) is 2.69. The summed E-state index contributed by atoms with van der Waals surface area (Å²) in [5.41, 5.74) is 0.894. The van der Waals surface area contributed by atoms with Gasteiger partial charge in [-0.2, -0.15) is 0 Å². The molecule has 0 aliphatic carbocycles. The Kier molecular flexibility index (Phi) is 5.33. The normalized spacial score (nSPS) is 10.7. The molecule has 0 aliphatic heterocycles. The third-order valence-corrected chi connectivity index (χ3v) is 3.79. The molecule has 5 nitrogen and oxygen atoms in total. The van der Waals surface area contributed by atoms with Crippen molar-refractivity contribution in [1.82, 2.24) is 0 Å². The van der Waals surface area contributed by atoms with Crippen molar-refractivity contribution in [3.63, 3.8) is 0 Å². The SMILES string of the molecule is O=C(C=Cc1ccc(O)c(O)c1)c1ccccc1C(=O)Oc1ccccc1. The van der Waals surface area contributed by atoms with E-state index in [0.29, 0.717) is 11.3 Å². The molecule has 0 atom stereocenters. The highest BCUT2D eigenvalue weighted by molar-refractivity contribution is 6.13. The van der Waals surface area contributed by atoms with Crippen LogP contribution in [0.4, 0.5) is 0 Å². The molecule has 3 aromatic rings. The number of esters is 1. The van der Waals surface area contributed by atoms with Crippen LogP contribution in [0.3, 0.4) is 0 Å². The summed E-state index contributed by atoms with van der Waals surface area (Å²) < 4.78 is 5.31. The Morgan fingerprint density at radius 2 is 1.44 bits per heavy atom. The minimum Gasteiger partial charge on any atom is -0.504 e. The highest BCUT2D eigenvalue weighted by Crippen LogP contribution is 2.25. The van der Waals surface area contributed by atoms with Gasteiger partial charge >= 0.3 is 5.97 Å². The molecule has 27 heavy (non-hydrogen) atoms. The lowest BCUT2D eigenvalue weighted by atomic mass is 10.0. The number of phenols is 2. The molecule has 0 aliphatic rings. The topological polar surface area (TPSA) is 83.8 Å². The van der Waals surface area contributed by atoms with Crippen LogP contribution in [-0.2, 0) is 0 Å². The maximum atomic E-state index is 12.5. The molecule has 0 spiro atoms. The van der Waals surface area contributed by atoms with E-state index >= 15 is 0 Å². The molecular formula is C22H16O5. The van der Waals surface area contributed by atoms with Crippen molar-refractivity contribution in [2.75, 3.05) is 0 Å². The van der Waals surface area contributed by atoms with E-state index in [4.69, 9.17) is 4.74 Å². The maximum absolute atomic E-state index is 12.5. The van der Waals surface area contributed by atoms with Crippen LogP contribution in [0, 0.1) is 0 Å². The molecule has 2 N–H and O–H groups in total. The van der Waals surface area contributed by atoms with Gasteiger partial charge in [-0.15, -0.1) is 0 Å². The summed E-state index contributed by atoms with van der Waals surface area (Å²) >= 11 is 0. The first-order valence-electron chi connectivity index (χ1n) is 8.15. The van der Waals surface area contributed by atoms with Gasteiger partial charge in [-0.3, -0.25) is 4.79 Å². The third-order valence-electron chi connectivity index (χ3n) is 3.79. The summed E-state index contributed by atoms with van der Waals surface area (Å²) in [6.07, 6.45) is 2.78. The van der Waals surface area contributed by atoms with Crippen LogP contribution in [0.1, 0.15) is 26.3 Å². The van der Waals surface area contributed by atoms with Gasteiger partial charge in [0, 0.05) is 5.56 Å². The van der Waals surface area contributed by atoms with Crippen molar-refractivity contribution in [3.05, 3.63) is 95.6 Å². The summed E-state index contributed by atoms with van der Waals surface area (Å²) in [4.78, 5) is 25.0. The number of ketones is 1. The minimum absolute atomic E-state index is 0.157. The lowest BCUT2D eigenvalue weighted by Crippen LogP contribution is -2.13. The number of allylic oxidation sites excluding steroid dienone is 1. The monoisotopic (exact) mass is 360 g/mol. The van der Waals surface area contributed by atoms with Crippen LogP contribution in [0.15, 0.2) is 78.9 Å². The number of hydrogen-bond donors (Lipinski definition) is 2. The molecule has 134 valence electrons. The molecule has 3 rings (SSSR count). The number of para-hydroxylation sites is 1. The molecule has 0 aromatic heterocycles. The van der Waals surface area contributed by atoms with E-state index < -0.39 is 5.97 Å². The fraction of sp³-hybridized carbons (Fsp3) is 0. The van der Waals surface area contributed by atoms with Gasteiger partial charge in [-0.05, 0) is 42.0 Å². The zero-order valence-corrected chi connectivity index (χ0v) is 14.2. The van der Waals surface area contributed by atoms with E-state index in [1.165, 1.54) is 30.4 Å². The lowest BCUT2D eigenvalue weighted by molar-refractivity contribution is 0.0730. The molecule has 0 saturated carbocycles. The Labute approximate surface area is 155 Å². The van der Waals surface area contributed by atoms with Crippen molar-refractivity contribution < 1.29 is 24.5 Å². The van der Waals surface area contributed by atoms with E-state index in [1.807, 2.05) is 0 Å². The predicted molar refractivity (Wildman–Crippen MR) is 101 cm³/mol. The second-order valence-corrected chi connectivity index (χ2v) is 5.69. The Bertz CT molecular complexity index is 1010. The standard InChI is InChI=1S/C22H16O5/c23-19(12-10-15-11-13-20(24)21(25)14-15)17-8-4-5-9-18(17)22(26)27-16-6-2-1-3-7-16/h1-14,24-25H. The Hall–Kier alpha value is -3.86. The van der Waals surface area contributed by atoms with Crippen molar-refractivity contribution >= 4 is 17.8 Å². The van der Waals surface area contributed by atoms with Gasteiger partial charge in [0.1, 0.15) is 5.75 Å². The molecular weight excluding hydrogens is 344 g/mol. The van der Waals surface area contributed by atoms with E-state index in [0.717, 1.165) is 0 Å². The van der Waals surface area contributed by atoms with Gasteiger partial charge in [0.25, 0.3) is 0 Å². The van der Waals surface area contributed by atoms with Crippen LogP contribution in [0.2, 0.25) is 0 Å². The van der Waals surface area contributed by atoms with Crippen LogP contribution in [0.25, 0.3) is 6.08 Å². The first-order valence-corrected chi connectivity index (χ1v) is 8.15. The van der Waals surface area contributed by atoms with Crippen molar-refractivity contribution in [2.45, 2.75) is 0 Å². The largest absolute Gasteiger partial charge is 0.504 e. The summed E-state index contributed by atoms with van der Waals surface area (Å²) in [5, 5.41) is 18.8. The summed E-state index contributed by atoms with van der Waals surface area (Å²) in [6, 6.07) is 19.2. The van der Waals surface area contributed by atoms with E-state index in [2.05, 4.69) is 0 Å². The van der Waals surface area contributed by atoms with Gasteiger partial charge in [-0.1, -0.05) is 48.5 Å². The molecule has 0 heterocycles. The number of rotatable bonds is 5. The van der Waals surface area contributed by atoms with Crippen LogP contribution >= 0.6 is 0 Å². The minimum atomic E-state index is -0.624. The maximum Gasteiger partial charge on any atom is 0.344 e. The van der Waals surface area contributed by atoms with E-state index in [1.54, 1.807) is 54.6 Å². The molecule has 0 amide bonds. The lowest BCUT2D eigenvalue weighted by Gasteiger charge is -2.07. The van der Waals surface area contributed by atoms with Gasteiger partial charge in [0.2, 0.25) is 0 Å². The molecule has 0 fully saturated rings. The van der Waals surface area contributed by atoms with Gasteiger partial charge in [-0.25, -0.2) is 4.79 Å². The molecule has 5 heteroatoms. The van der Waals surface area contributed by atoms with Crippen molar-refractivity contribution in [3.8, 4) is 17.2 Å². The predicted octanol–water partition coefficient (Wildman–Crippen LogP) is 4.21. The quantitative estimate of drug-likeness (QED) is 0.234. The zero-order chi connectivity index (χ0) is 19.2. The number of carbonyl (C=O) groups is 2. The van der Waals surface area contributed by atoms with Gasteiger partial charge < -0.3 is 14.9 Å². The van der Waals surface area contributed by atoms with Crippen LogP contribution < -0.4 is 4.74 Å². The Morgan fingerprint density at radius 1 is 0.778 bits per heavy atom. The van der Waals surface area contributed by atoms with Crippen LogP contribution in [0.5, 0.6) is 17.2 Å². The Morgan fingerprint density at radius 3 is 2.15 bits per heavy atom. The summed E-state index contributed by atoms with van der Waals surface area (Å²) in [5.74, 6) is -1.15. The van der Waals surface area contributed by atoms with Gasteiger partial charge in [0.15, 0.2) is 17.3 Å². The molecule has 3 aromatic carbocycles. The molecule has 0 saturated heterocycles. The summed E-state index contributed by atoms with van der Waals surface area (Å²) in [6.45, 7) is 0. The fourth-order valence-electron chi connectivity index (χ4n) is 2.43. The number of aromatic hydroxyl groups is 2. The van der Waals surface area contributed by atoms with E-state index in [-0.39, 0.29) is 28.4 Å². The average molecular weight is 360 g/mol. The van der Waals surface area contributed by atoms with E-state index in [9.17, 15) is 19.8 Å². The number of ether oxygens (including phenoxy) is 1. The molecule has 0 bridgehead atoms.